The van der Waals surface area contributed by atoms with Crippen LogP contribution < -0.4 is 5.43 Å². The van der Waals surface area contributed by atoms with E-state index in [1.807, 2.05) is 0 Å². The zero-order chi connectivity index (χ0) is 13.8. The summed E-state index contributed by atoms with van der Waals surface area (Å²) in [6, 6.07) is 5.69. The molecule has 19 heavy (non-hydrogen) atoms. The summed E-state index contributed by atoms with van der Waals surface area (Å²) < 4.78 is 14.1. The predicted octanol–water partition coefficient (Wildman–Crippen LogP) is 1.98. The Kier molecular flexibility index (Phi) is 3.91. The molecule has 0 aliphatic rings. The second kappa shape index (κ2) is 5.62. The minimum atomic E-state index is -0.510. The first-order valence-electron chi connectivity index (χ1n) is 5.34. The summed E-state index contributed by atoms with van der Waals surface area (Å²) in [6.45, 7) is 0. The van der Waals surface area contributed by atoms with Gasteiger partial charge in [-0.1, -0.05) is 23.7 Å². The molecule has 0 radical (unpaired) electrons. The third-order valence-electron chi connectivity index (χ3n) is 2.25. The molecule has 0 aliphatic heterocycles. The lowest BCUT2D eigenvalue weighted by molar-refractivity contribution is 0.0949. The Morgan fingerprint density at radius 3 is 2.74 bits per heavy atom. The molecule has 0 spiro atoms. The van der Waals surface area contributed by atoms with Gasteiger partial charge in [0.2, 0.25) is 0 Å². The van der Waals surface area contributed by atoms with E-state index in [1.54, 1.807) is 19.2 Å². The SMILES string of the molecule is Cn1cc(Cl)c(C(=O)NN=Cc2ccc(F)cc2)n1. The fraction of sp³-hybridized carbons (Fsp3) is 0.0833. The van der Waals surface area contributed by atoms with Gasteiger partial charge in [-0.3, -0.25) is 9.48 Å². The van der Waals surface area contributed by atoms with Gasteiger partial charge in [-0.15, -0.1) is 0 Å². The number of carbonyl (C=O) groups is 1. The molecule has 7 heteroatoms. The lowest BCUT2D eigenvalue weighted by Gasteiger charge is -1.96. The van der Waals surface area contributed by atoms with E-state index in [0.717, 1.165) is 0 Å². The minimum Gasteiger partial charge on any atom is -0.273 e. The van der Waals surface area contributed by atoms with Crippen LogP contribution in [0.15, 0.2) is 35.6 Å². The summed E-state index contributed by atoms with van der Waals surface area (Å²) in [5, 5.41) is 7.89. The van der Waals surface area contributed by atoms with Crippen molar-refractivity contribution >= 4 is 23.7 Å². The first kappa shape index (κ1) is 13.2. The van der Waals surface area contributed by atoms with Crippen molar-refractivity contribution in [3.8, 4) is 0 Å². The monoisotopic (exact) mass is 280 g/mol. The quantitative estimate of drug-likeness (QED) is 0.690. The number of amides is 1. The van der Waals surface area contributed by atoms with Gasteiger partial charge < -0.3 is 0 Å². The van der Waals surface area contributed by atoms with E-state index in [9.17, 15) is 9.18 Å². The number of nitrogens with zero attached hydrogens (tertiary/aromatic N) is 3. The molecule has 2 rings (SSSR count). The van der Waals surface area contributed by atoms with Crippen LogP contribution in [0.25, 0.3) is 0 Å². The molecule has 0 saturated carbocycles. The van der Waals surface area contributed by atoms with Gasteiger partial charge in [0.15, 0.2) is 5.69 Å². The van der Waals surface area contributed by atoms with E-state index in [2.05, 4.69) is 15.6 Å². The summed E-state index contributed by atoms with van der Waals surface area (Å²) in [4.78, 5) is 11.7. The summed E-state index contributed by atoms with van der Waals surface area (Å²) in [6.07, 6.45) is 2.91. The molecule has 0 aliphatic carbocycles. The van der Waals surface area contributed by atoms with E-state index < -0.39 is 5.91 Å². The molecule has 1 aromatic heterocycles. The number of aryl methyl sites for hydroxylation is 1. The van der Waals surface area contributed by atoms with Crippen LogP contribution in [-0.4, -0.2) is 21.9 Å². The van der Waals surface area contributed by atoms with Crippen molar-refractivity contribution in [2.45, 2.75) is 0 Å². The highest BCUT2D eigenvalue weighted by molar-refractivity contribution is 6.33. The van der Waals surface area contributed by atoms with Crippen molar-refractivity contribution in [2.24, 2.45) is 12.1 Å². The van der Waals surface area contributed by atoms with Gasteiger partial charge in [0.25, 0.3) is 5.91 Å². The number of hydrazone groups is 1. The van der Waals surface area contributed by atoms with Crippen LogP contribution in [0.3, 0.4) is 0 Å². The lowest BCUT2D eigenvalue weighted by atomic mass is 10.2. The summed E-state index contributed by atoms with van der Waals surface area (Å²) in [5.41, 5.74) is 3.05. The minimum absolute atomic E-state index is 0.0976. The number of hydrogen-bond acceptors (Lipinski definition) is 3. The van der Waals surface area contributed by atoms with Crippen molar-refractivity contribution in [3.05, 3.63) is 52.6 Å². The van der Waals surface area contributed by atoms with Gasteiger partial charge in [0, 0.05) is 13.2 Å². The number of hydrogen-bond donors (Lipinski definition) is 1. The van der Waals surface area contributed by atoms with Gasteiger partial charge in [-0.2, -0.15) is 10.2 Å². The first-order chi connectivity index (χ1) is 9.06. The van der Waals surface area contributed by atoms with E-state index in [-0.39, 0.29) is 16.5 Å². The molecule has 0 bridgehead atoms. The second-order valence-electron chi connectivity index (χ2n) is 3.75. The number of carbonyl (C=O) groups excluding carboxylic acids is 1. The van der Waals surface area contributed by atoms with Gasteiger partial charge >= 0.3 is 0 Å². The molecule has 5 nitrogen and oxygen atoms in total. The van der Waals surface area contributed by atoms with Crippen LogP contribution in [0, 0.1) is 5.82 Å². The number of nitrogens with one attached hydrogen (secondary N) is 1. The summed E-state index contributed by atoms with van der Waals surface area (Å²) in [5.74, 6) is -0.842. The number of halogens is 2. The summed E-state index contributed by atoms with van der Waals surface area (Å²) in [7, 11) is 1.66. The zero-order valence-corrected chi connectivity index (χ0v) is 10.7. The summed E-state index contributed by atoms with van der Waals surface area (Å²) >= 11 is 5.82. The van der Waals surface area contributed by atoms with Gasteiger partial charge in [0.05, 0.1) is 11.2 Å². The largest absolute Gasteiger partial charge is 0.293 e. The van der Waals surface area contributed by atoms with Gasteiger partial charge in [-0.25, -0.2) is 9.82 Å². The molecule has 0 atom stereocenters. The van der Waals surface area contributed by atoms with E-state index in [1.165, 1.54) is 29.2 Å². The standard InChI is InChI=1S/C12H10ClFN4O/c1-18-7-10(13)11(17-18)12(19)16-15-6-8-2-4-9(14)5-3-8/h2-7H,1H3,(H,16,19). The van der Waals surface area contributed by atoms with Crippen molar-refractivity contribution in [1.82, 2.24) is 15.2 Å². The van der Waals surface area contributed by atoms with Crippen molar-refractivity contribution < 1.29 is 9.18 Å². The van der Waals surface area contributed by atoms with Crippen LogP contribution in [0.5, 0.6) is 0 Å². The van der Waals surface area contributed by atoms with E-state index in [0.29, 0.717) is 5.56 Å². The molecule has 1 aromatic carbocycles. The number of benzene rings is 1. The Hall–Kier alpha value is -2.21. The third-order valence-corrected chi connectivity index (χ3v) is 2.53. The smallest absolute Gasteiger partial charge is 0.273 e. The Labute approximate surface area is 113 Å². The van der Waals surface area contributed by atoms with Crippen LogP contribution in [0.4, 0.5) is 4.39 Å². The fourth-order valence-corrected chi connectivity index (χ4v) is 1.65. The Balaban J connectivity index is 2.00. The first-order valence-corrected chi connectivity index (χ1v) is 5.72. The van der Waals surface area contributed by atoms with E-state index in [4.69, 9.17) is 11.6 Å². The molecule has 98 valence electrons. The van der Waals surface area contributed by atoms with Crippen molar-refractivity contribution in [2.75, 3.05) is 0 Å². The average Bonchev–Trinajstić information content (AvgIpc) is 2.71. The highest BCUT2D eigenvalue weighted by Crippen LogP contribution is 2.12. The molecule has 1 amide bonds. The maximum absolute atomic E-state index is 12.7. The van der Waals surface area contributed by atoms with Gasteiger partial charge in [-0.05, 0) is 17.7 Å². The second-order valence-corrected chi connectivity index (χ2v) is 4.16. The maximum Gasteiger partial charge on any atom is 0.293 e. The average molecular weight is 281 g/mol. The third kappa shape index (κ3) is 3.38. The zero-order valence-electron chi connectivity index (χ0n) is 9.97. The molecule has 0 unspecified atom stereocenters. The topological polar surface area (TPSA) is 59.3 Å². The van der Waals surface area contributed by atoms with Crippen molar-refractivity contribution in [3.63, 3.8) is 0 Å². The maximum atomic E-state index is 12.7. The Morgan fingerprint density at radius 2 is 2.16 bits per heavy atom. The molecule has 0 fully saturated rings. The fourth-order valence-electron chi connectivity index (χ4n) is 1.38. The highest BCUT2D eigenvalue weighted by atomic mass is 35.5. The van der Waals surface area contributed by atoms with Crippen LogP contribution >= 0.6 is 11.6 Å². The van der Waals surface area contributed by atoms with Crippen molar-refractivity contribution in [1.29, 1.82) is 0 Å². The Bertz CT molecular complexity index is 621. The van der Waals surface area contributed by atoms with E-state index >= 15 is 0 Å². The normalized spacial score (nSPS) is 10.9. The molecule has 2 aromatic rings. The van der Waals surface area contributed by atoms with Gasteiger partial charge in [0.1, 0.15) is 5.82 Å². The molecule has 1 N–H and O–H groups in total. The lowest BCUT2D eigenvalue weighted by Crippen LogP contribution is -2.18. The number of rotatable bonds is 3. The molecule has 0 saturated heterocycles. The van der Waals surface area contributed by atoms with Crippen LogP contribution in [0.2, 0.25) is 5.02 Å². The Morgan fingerprint density at radius 1 is 1.47 bits per heavy atom. The van der Waals surface area contributed by atoms with Crippen LogP contribution in [-0.2, 0) is 7.05 Å². The van der Waals surface area contributed by atoms with Crippen LogP contribution in [0.1, 0.15) is 16.1 Å². The molecule has 1 heterocycles. The molecular weight excluding hydrogens is 271 g/mol. The molecular formula is C12H10ClFN4O. The predicted molar refractivity (Wildman–Crippen MR) is 69.7 cm³/mol. The highest BCUT2D eigenvalue weighted by Gasteiger charge is 2.13. The number of aromatic nitrogens is 2.